The second kappa shape index (κ2) is 5.06. The Morgan fingerprint density at radius 2 is 1.94 bits per heavy atom. The van der Waals surface area contributed by atoms with Gasteiger partial charge in [0, 0.05) is 12.1 Å². The SMILES string of the molecule is CCNC(c1cc2c(F)cc(F)cc2o1)C(C)C. The van der Waals surface area contributed by atoms with Gasteiger partial charge in [0.05, 0.1) is 11.4 Å². The largest absolute Gasteiger partial charge is 0.459 e. The van der Waals surface area contributed by atoms with E-state index in [1.165, 1.54) is 6.07 Å². The maximum atomic E-state index is 13.6. The van der Waals surface area contributed by atoms with E-state index in [1.54, 1.807) is 6.07 Å². The summed E-state index contributed by atoms with van der Waals surface area (Å²) in [4.78, 5) is 0. The number of fused-ring (bicyclic) bond motifs is 1. The Hall–Kier alpha value is -1.42. The monoisotopic (exact) mass is 253 g/mol. The molecule has 1 aromatic carbocycles. The Balaban J connectivity index is 2.48. The summed E-state index contributed by atoms with van der Waals surface area (Å²) in [6.45, 7) is 6.89. The zero-order valence-corrected chi connectivity index (χ0v) is 10.8. The predicted molar refractivity (Wildman–Crippen MR) is 67.4 cm³/mol. The maximum Gasteiger partial charge on any atom is 0.140 e. The van der Waals surface area contributed by atoms with Gasteiger partial charge in [-0.05, 0) is 18.5 Å². The van der Waals surface area contributed by atoms with Gasteiger partial charge in [-0.3, -0.25) is 0 Å². The molecule has 0 bridgehead atoms. The molecule has 1 heterocycles. The normalized spacial score (nSPS) is 13.4. The average Bonchev–Trinajstić information content (AvgIpc) is 2.68. The molecule has 18 heavy (non-hydrogen) atoms. The third-order valence-electron chi connectivity index (χ3n) is 2.97. The highest BCUT2D eigenvalue weighted by molar-refractivity contribution is 5.78. The van der Waals surface area contributed by atoms with Crippen LogP contribution in [0.15, 0.2) is 22.6 Å². The summed E-state index contributed by atoms with van der Waals surface area (Å²) >= 11 is 0. The topological polar surface area (TPSA) is 25.2 Å². The number of halogens is 2. The summed E-state index contributed by atoms with van der Waals surface area (Å²) in [6.07, 6.45) is 0. The Morgan fingerprint density at radius 3 is 2.56 bits per heavy atom. The van der Waals surface area contributed by atoms with E-state index in [0.717, 1.165) is 12.6 Å². The van der Waals surface area contributed by atoms with Gasteiger partial charge < -0.3 is 9.73 Å². The lowest BCUT2D eigenvalue weighted by molar-refractivity contribution is 0.356. The zero-order chi connectivity index (χ0) is 13.3. The average molecular weight is 253 g/mol. The summed E-state index contributed by atoms with van der Waals surface area (Å²) in [5.74, 6) is -0.255. The van der Waals surface area contributed by atoms with Crippen molar-refractivity contribution in [3.63, 3.8) is 0 Å². The minimum atomic E-state index is -0.620. The van der Waals surface area contributed by atoms with Crippen LogP contribution >= 0.6 is 0 Å². The Morgan fingerprint density at radius 1 is 1.22 bits per heavy atom. The van der Waals surface area contributed by atoms with E-state index >= 15 is 0 Å². The van der Waals surface area contributed by atoms with Gasteiger partial charge in [-0.15, -0.1) is 0 Å². The summed E-state index contributed by atoms with van der Waals surface area (Å²) in [7, 11) is 0. The molecule has 0 amide bonds. The number of benzene rings is 1. The maximum absolute atomic E-state index is 13.6. The summed E-state index contributed by atoms with van der Waals surface area (Å²) in [5, 5.41) is 3.61. The molecule has 1 aromatic heterocycles. The molecule has 0 radical (unpaired) electrons. The van der Waals surface area contributed by atoms with Crippen LogP contribution in [0.1, 0.15) is 32.6 Å². The molecule has 0 saturated heterocycles. The fourth-order valence-corrected chi connectivity index (χ4v) is 2.12. The fourth-order valence-electron chi connectivity index (χ4n) is 2.12. The van der Waals surface area contributed by atoms with Gasteiger partial charge in [-0.1, -0.05) is 20.8 Å². The second-order valence-corrected chi connectivity index (χ2v) is 4.73. The molecular formula is C14H17F2NO. The first kappa shape index (κ1) is 13.0. The summed E-state index contributed by atoms with van der Waals surface area (Å²) in [6, 6.07) is 3.74. The number of hydrogen-bond acceptors (Lipinski definition) is 2. The predicted octanol–water partition coefficient (Wildman–Crippen LogP) is 4.02. The van der Waals surface area contributed by atoms with Gasteiger partial charge in [-0.2, -0.15) is 0 Å². The molecule has 2 rings (SSSR count). The van der Waals surface area contributed by atoms with Gasteiger partial charge in [0.1, 0.15) is 23.0 Å². The molecule has 2 aromatic rings. The first-order valence-electron chi connectivity index (χ1n) is 6.14. The van der Waals surface area contributed by atoms with Crippen LogP contribution in [0.2, 0.25) is 0 Å². The van der Waals surface area contributed by atoms with Crippen LogP contribution in [-0.2, 0) is 0 Å². The molecule has 1 atom stereocenters. The molecular weight excluding hydrogens is 236 g/mol. The Bertz CT molecular complexity index is 548. The van der Waals surface area contributed by atoms with E-state index in [-0.39, 0.29) is 11.6 Å². The Labute approximate surface area is 105 Å². The molecule has 1 unspecified atom stereocenters. The van der Waals surface area contributed by atoms with Gasteiger partial charge in [0.15, 0.2) is 0 Å². The Kier molecular flexibility index (Phi) is 3.66. The third-order valence-corrected chi connectivity index (χ3v) is 2.97. The van der Waals surface area contributed by atoms with Crippen molar-refractivity contribution in [1.29, 1.82) is 0 Å². The molecule has 0 fully saturated rings. The van der Waals surface area contributed by atoms with Crippen LogP contribution in [0.25, 0.3) is 11.0 Å². The van der Waals surface area contributed by atoms with Crippen LogP contribution in [0.5, 0.6) is 0 Å². The van der Waals surface area contributed by atoms with Gasteiger partial charge in [0.25, 0.3) is 0 Å². The van der Waals surface area contributed by atoms with Crippen LogP contribution in [0.3, 0.4) is 0 Å². The minimum absolute atomic E-state index is 0.00450. The van der Waals surface area contributed by atoms with Gasteiger partial charge in [0.2, 0.25) is 0 Å². The molecule has 2 nitrogen and oxygen atoms in total. The molecule has 0 aliphatic rings. The third kappa shape index (κ3) is 2.38. The van der Waals surface area contributed by atoms with E-state index < -0.39 is 11.6 Å². The van der Waals surface area contributed by atoms with Crippen LogP contribution in [-0.4, -0.2) is 6.54 Å². The highest BCUT2D eigenvalue weighted by Gasteiger charge is 2.20. The van der Waals surface area contributed by atoms with E-state index in [4.69, 9.17) is 4.42 Å². The van der Waals surface area contributed by atoms with E-state index in [9.17, 15) is 8.78 Å². The molecule has 4 heteroatoms. The summed E-state index contributed by atoms with van der Waals surface area (Å²) in [5.41, 5.74) is 0.256. The van der Waals surface area contributed by atoms with Crippen molar-refractivity contribution < 1.29 is 13.2 Å². The van der Waals surface area contributed by atoms with E-state index in [1.807, 2.05) is 6.92 Å². The van der Waals surface area contributed by atoms with Crippen molar-refractivity contribution in [2.75, 3.05) is 6.54 Å². The van der Waals surface area contributed by atoms with Crippen molar-refractivity contribution in [1.82, 2.24) is 5.32 Å². The van der Waals surface area contributed by atoms with Crippen molar-refractivity contribution in [3.05, 3.63) is 35.6 Å². The number of nitrogens with one attached hydrogen (secondary N) is 1. The lowest BCUT2D eigenvalue weighted by Crippen LogP contribution is -2.24. The van der Waals surface area contributed by atoms with Crippen molar-refractivity contribution >= 4 is 11.0 Å². The van der Waals surface area contributed by atoms with Crippen molar-refractivity contribution in [2.45, 2.75) is 26.8 Å². The first-order valence-corrected chi connectivity index (χ1v) is 6.14. The van der Waals surface area contributed by atoms with Crippen LogP contribution in [0.4, 0.5) is 8.78 Å². The zero-order valence-electron chi connectivity index (χ0n) is 10.8. The standard InChI is InChI=1S/C14H17F2NO/c1-4-17-14(8(2)3)13-7-10-11(16)5-9(15)6-12(10)18-13/h5-8,14,17H,4H2,1-3H3. The minimum Gasteiger partial charge on any atom is -0.459 e. The quantitative estimate of drug-likeness (QED) is 0.890. The first-order chi connectivity index (χ1) is 8.52. The van der Waals surface area contributed by atoms with Crippen LogP contribution in [0, 0.1) is 17.6 Å². The number of rotatable bonds is 4. The van der Waals surface area contributed by atoms with Crippen LogP contribution < -0.4 is 5.32 Å². The van der Waals surface area contributed by atoms with E-state index in [0.29, 0.717) is 17.1 Å². The van der Waals surface area contributed by atoms with Gasteiger partial charge in [-0.25, -0.2) is 8.78 Å². The number of furan rings is 1. The highest BCUT2D eigenvalue weighted by atomic mass is 19.1. The molecule has 1 N–H and O–H groups in total. The van der Waals surface area contributed by atoms with Crippen molar-refractivity contribution in [2.24, 2.45) is 5.92 Å². The lowest BCUT2D eigenvalue weighted by Gasteiger charge is -2.18. The molecule has 98 valence electrons. The van der Waals surface area contributed by atoms with Gasteiger partial charge >= 0.3 is 0 Å². The second-order valence-electron chi connectivity index (χ2n) is 4.73. The fraction of sp³-hybridized carbons (Fsp3) is 0.429. The smallest absolute Gasteiger partial charge is 0.140 e. The summed E-state index contributed by atoms with van der Waals surface area (Å²) < 4.78 is 32.3. The number of hydrogen-bond donors (Lipinski definition) is 1. The van der Waals surface area contributed by atoms with Crippen molar-refractivity contribution in [3.8, 4) is 0 Å². The molecule has 0 aliphatic carbocycles. The molecule has 0 aliphatic heterocycles. The lowest BCUT2D eigenvalue weighted by atomic mass is 10.0. The molecule has 0 spiro atoms. The molecule has 0 saturated carbocycles. The van der Waals surface area contributed by atoms with E-state index in [2.05, 4.69) is 19.2 Å². The highest BCUT2D eigenvalue weighted by Crippen LogP contribution is 2.30.